The molecule has 0 bridgehead atoms. The van der Waals surface area contributed by atoms with Crippen molar-refractivity contribution < 1.29 is 18.2 Å². The number of aromatic nitrogens is 1. The van der Waals surface area contributed by atoms with Crippen LogP contribution in [0.15, 0.2) is 47.7 Å². The minimum Gasteiger partial charge on any atom is -0.490 e. The van der Waals surface area contributed by atoms with Crippen LogP contribution in [0.3, 0.4) is 0 Å². The van der Waals surface area contributed by atoms with Gasteiger partial charge in [0.15, 0.2) is 0 Å². The molecule has 2 aromatic rings. The first kappa shape index (κ1) is 31.6. The summed E-state index contributed by atoms with van der Waals surface area (Å²) < 4.78 is 22.9. The van der Waals surface area contributed by atoms with Gasteiger partial charge in [-0.2, -0.15) is 3.89 Å². The van der Waals surface area contributed by atoms with E-state index in [0.29, 0.717) is 55.3 Å². The lowest BCUT2D eigenvalue weighted by atomic mass is 10.1. The second-order valence-electron chi connectivity index (χ2n) is 9.39. The van der Waals surface area contributed by atoms with Gasteiger partial charge in [-0.3, -0.25) is 14.7 Å². The molecule has 0 unspecified atom stereocenters. The first-order valence-electron chi connectivity index (χ1n) is 13.0. The second kappa shape index (κ2) is 16.4. The molecule has 1 atom stereocenters. The Labute approximate surface area is 244 Å². The lowest BCUT2D eigenvalue weighted by Gasteiger charge is -2.39. The molecule has 1 aromatic heterocycles. The predicted octanol–water partition coefficient (Wildman–Crippen LogP) is 3.46. The molecular weight excluding hydrogens is 557 g/mol. The monoisotopic (exact) mass is 593 g/mol. The van der Waals surface area contributed by atoms with Crippen LogP contribution in [-0.2, 0) is 22.6 Å². The molecule has 10 nitrogen and oxygen atoms in total. The van der Waals surface area contributed by atoms with Gasteiger partial charge in [0.2, 0.25) is 5.91 Å². The average molecular weight is 594 g/mol. The van der Waals surface area contributed by atoms with Crippen molar-refractivity contribution in [3.8, 4) is 5.75 Å². The third-order valence-electron chi connectivity index (χ3n) is 6.11. The van der Waals surface area contributed by atoms with Crippen molar-refractivity contribution in [1.82, 2.24) is 19.9 Å². The van der Waals surface area contributed by atoms with E-state index in [1.807, 2.05) is 30.0 Å². The minimum atomic E-state index is -0.0551. The highest BCUT2D eigenvalue weighted by Gasteiger charge is 2.26. The number of nitrogens with zero attached hydrogens (tertiary/aromatic N) is 5. The van der Waals surface area contributed by atoms with E-state index in [4.69, 9.17) is 32.7 Å². The quantitative estimate of drug-likeness (QED) is 0.0846. The van der Waals surface area contributed by atoms with Crippen molar-refractivity contribution in [2.45, 2.75) is 33.0 Å². The molecule has 13 heteroatoms. The Hall–Kier alpha value is -2.90. The highest BCUT2D eigenvalue weighted by molar-refractivity contribution is 7.94. The zero-order valence-electron chi connectivity index (χ0n) is 22.8. The standard InChI is InChI=1S/C27H37ClFN7O3S/c1-20-17-34(19-25-6-7-26(16-32-25)39-12-11-38-13-14-40-29)9-10-35(20)27(37)8-4-22-3-5-24(28)15-23(22)18-36(31)33-21(2)30/h3-8,15-16,20H,9-14,17-19,31H2,1-2H3,(H2,30,33)/b8-4+/t20-/m1/s1. The van der Waals surface area contributed by atoms with Crippen LogP contribution in [0.5, 0.6) is 5.75 Å². The third-order valence-corrected chi connectivity index (χ3v) is 6.66. The lowest BCUT2D eigenvalue weighted by Crippen LogP contribution is -2.53. The number of benzene rings is 1. The van der Waals surface area contributed by atoms with Crippen LogP contribution in [0.25, 0.3) is 6.08 Å². The average Bonchev–Trinajstić information content (AvgIpc) is 2.90. The van der Waals surface area contributed by atoms with Crippen LogP contribution in [-0.4, -0.2) is 82.9 Å². The van der Waals surface area contributed by atoms with E-state index >= 15 is 0 Å². The largest absolute Gasteiger partial charge is 0.490 e. The summed E-state index contributed by atoms with van der Waals surface area (Å²) in [6.45, 7) is 7.89. The van der Waals surface area contributed by atoms with Gasteiger partial charge in [-0.05, 0) is 55.3 Å². The van der Waals surface area contributed by atoms with Gasteiger partial charge in [0.1, 0.15) is 18.2 Å². The molecule has 3 rings (SSSR count). The van der Waals surface area contributed by atoms with E-state index in [9.17, 15) is 8.68 Å². The van der Waals surface area contributed by atoms with Gasteiger partial charge >= 0.3 is 0 Å². The Morgan fingerprint density at radius 3 is 2.83 bits per heavy atom. The molecule has 1 aliphatic heterocycles. The molecular formula is C27H37ClFN7O3S. The molecule has 0 saturated carbocycles. The van der Waals surface area contributed by atoms with E-state index in [-0.39, 0.29) is 30.6 Å². The molecule has 40 heavy (non-hydrogen) atoms. The number of amides is 1. The summed E-state index contributed by atoms with van der Waals surface area (Å²) in [7, 11) is 0. The fourth-order valence-electron chi connectivity index (χ4n) is 4.28. The number of carbonyl (C=O) groups is 1. The number of hydrazine groups is 1. The number of hydrazone groups is 1. The van der Waals surface area contributed by atoms with E-state index in [2.05, 4.69) is 15.0 Å². The normalized spacial score (nSPS) is 16.5. The van der Waals surface area contributed by atoms with E-state index in [0.717, 1.165) is 29.9 Å². The highest BCUT2D eigenvalue weighted by Crippen LogP contribution is 2.20. The number of amidine groups is 1. The summed E-state index contributed by atoms with van der Waals surface area (Å²) in [5.41, 5.74) is 8.19. The lowest BCUT2D eigenvalue weighted by molar-refractivity contribution is -0.130. The molecule has 1 amide bonds. The Balaban J connectivity index is 1.49. The minimum absolute atomic E-state index is 0.0374. The van der Waals surface area contributed by atoms with Crippen LogP contribution in [0.4, 0.5) is 3.89 Å². The number of nitrogens with two attached hydrogens (primary N) is 2. The van der Waals surface area contributed by atoms with Crippen LogP contribution in [0.2, 0.25) is 5.02 Å². The molecule has 218 valence electrons. The fourth-order valence-corrected chi connectivity index (χ4v) is 4.65. The number of ether oxygens (including phenoxy) is 2. The summed E-state index contributed by atoms with van der Waals surface area (Å²) in [4.78, 5) is 21.7. The summed E-state index contributed by atoms with van der Waals surface area (Å²) in [5.74, 6) is 7.19. The zero-order valence-corrected chi connectivity index (χ0v) is 24.4. The number of pyridine rings is 1. The van der Waals surface area contributed by atoms with E-state index in [1.165, 1.54) is 5.12 Å². The molecule has 0 spiro atoms. The summed E-state index contributed by atoms with van der Waals surface area (Å²) >= 11 is 6.44. The number of rotatable bonds is 14. The van der Waals surface area contributed by atoms with Crippen LogP contribution in [0.1, 0.15) is 30.7 Å². The molecule has 4 N–H and O–H groups in total. The van der Waals surface area contributed by atoms with Crippen molar-refractivity contribution in [3.05, 3.63) is 64.4 Å². The van der Waals surface area contributed by atoms with Gasteiger partial charge < -0.3 is 20.1 Å². The van der Waals surface area contributed by atoms with Gasteiger partial charge in [0, 0.05) is 61.2 Å². The van der Waals surface area contributed by atoms with Crippen LogP contribution >= 0.6 is 23.7 Å². The second-order valence-corrected chi connectivity index (χ2v) is 10.5. The maximum absolute atomic E-state index is 13.1. The maximum atomic E-state index is 13.1. The van der Waals surface area contributed by atoms with Crippen LogP contribution < -0.4 is 16.3 Å². The van der Waals surface area contributed by atoms with Gasteiger partial charge in [0.05, 0.1) is 31.6 Å². The summed E-state index contributed by atoms with van der Waals surface area (Å²) in [6.07, 6.45) is 5.06. The van der Waals surface area contributed by atoms with Gasteiger partial charge in [-0.1, -0.05) is 17.7 Å². The Morgan fingerprint density at radius 2 is 2.12 bits per heavy atom. The number of piperazine rings is 1. The summed E-state index contributed by atoms with van der Waals surface area (Å²) in [6, 6.07) is 9.27. The third kappa shape index (κ3) is 10.6. The van der Waals surface area contributed by atoms with Crippen LogP contribution in [0, 0.1) is 0 Å². The molecule has 2 heterocycles. The topological polar surface area (TPSA) is 123 Å². The number of carbonyl (C=O) groups excluding carboxylic acids is 1. The van der Waals surface area contributed by atoms with Crippen molar-refractivity contribution in [3.63, 3.8) is 0 Å². The maximum Gasteiger partial charge on any atom is 0.246 e. The molecule has 1 fully saturated rings. The predicted molar refractivity (Wildman–Crippen MR) is 158 cm³/mol. The summed E-state index contributed by atoms with van der Waals surface area (Å²) in [5, 5.41) is 5.83. The molecule has 1 aliphatic rings. The van der Waals surface area contributed by atoms with Gasteiger partial charge in [-0.25, -0.2) is 11.0 Å². The molecule has 1 saturated heterocycles. The van der Waals surface area contributed by atoms with Crippen molar-refractivity contribution in [1.29, 1.82) is 0 Å². The molecule has 0 aliphatic carbocycles. The first-order valence-corrected chi connectivity index (χ1v) is 14.2. The molecule has 1 aromatic carbocycles. The van der Waals surface area contributed by atoms with Crippen molar-refractivity contribution in [2.24, 2.45) is 16.7 Å². The number of hydrogen-bond acceptors (Lipinski definition) is 9. The van der Waals surface area contributed by atoms with Crippen molar-refractivity contribution >= 4 is 41.6 Å². The first-order chi connectivity index (χ1) is 19.2. The van der Waals surface area contributed by atoms with Gasteiger partial charge in [-0.15, -0.1) is 5.10 Å². The van der Waals surface area contributed by atoms with E-state index < -0.39 is 0 Å². The van der Waals surface area contributed by atoms with Crippen molar-refractivity contribution in [2.75, 3.05) is 45.2 Å². The fraction of sp³-hybridized carbons (Fsp3) is 0.444. The van der Waals surface area contributed by atoms with Gasteiger partial charge in [0.25, 0.3) is 0 Å². The Morgan fingerprint density at radius 1 is 1.30 bits per heavy atom. The zero-order chi connectivity index (χ0) is 28.9. The Bertz CT molecular complexity index is 1150. The molecule has 0 radical (unpaired) electrons. The number of hydrogen-bond donors (Lipinski definition) is 2. The smallest absolute Gasteiger partial charge is 0.246 e. The number of halogens is 2. The Kier molecular flexibility index (Phi) is 13.0. The SMILES string of the molecule is C/C(N)=N/N(N)Cc1cc(Cl)ccc1/C=C/C(=O)N1CCN(Cc2ccc(OCCOCCSF)cn2)C[C@H]1C. The van der Waals surface area contributed by atoms with E-state index in [1.54, 1.807) is 37.4 Å². The highest BCUT2D eigenvalue weighted by atomic mass is 35.5.